The summed E-state index contributed by atoms with van der Waals surface area (Å²) in [5.41, 5.74) is 1.13. The number of rotatable bonds is 6. The van der Waals surface area contributed by atoms with Crippen LogP contribution in [-0.4, -0.2) is 38.4 Å². The third-order valence-corrected chi connectivity index (χ3v) is 3.52. The second-order valence-electron chi connectivity index (χ2n) is 5.82. The van der Waals surface area contributed by atoms with E-state index in [9.17, 15) is 18.8 Å². The monoisotopic (exact) mass is 358 g/mol. The van der Waals surface area contributed by atoms with Gasteiger partial charge in [-0.3, -0.25) is 9.59 Å². The maximum absolute atomic E-state index is 14.0. The van der Waals surface area contributed by atoms with Crippen molar-refractivity contribution in [1.29, 1.82) is 0 Å². The zero-order chi connectivity index (χ0) is 19.3. The Hall–Kier alpha value is -3.22. The van der Waals surface area contributed by atoms with Crippen molar-refractivity contribution in [3.05, 3.63) is 59.4 Å². The third-order valence-electron chi connectivity index (χ3n) is 3.52. The molecular weight excluding hydrogens is 339 g/mol. The van der Waals surface area contributed by atoms with Crippen LogP contribution in [0.5, 0.6) is 0 Å². The zero-order valence-electron chi connectivity index (χ0n) is 14.7. The van der Waals surface area contributed by atoms with Gasteiger partial charge in [-0.1, -0.05) is 6.07 Å². The number of Topliss-reactive ketones (excluding diaryl/α,β-unsaturated/α-hetero) is 1. The number of benzene rings is 2. The first-order valence-electron chi connectivity index (χ1n) is 7.83. The van der Waals surface area contributed by atoms with Gasteiger partial charge in [-0.25, -0.2) is 9.18 Å². The van der Waals surface area contributed by atoms with Crippen LogP contribution in [0.15, 0.2) is 42.5 Å². The molecule has 0 aliphatic carbocycles. The van der Waals surface area contributed by atoms with Crippen molar-refractivity contribution >= 4 is 29.0 Å². The van der Waals surface area contributed by atoms with Gasteiger partial charge >= 0.3 is 5.97 Å². The van der Waals surface area contributed by atoms with E-state index in [1.54, 1.807) is 18.2 Å². The van der Waals surface area contributed by atoms with Gasteiger partial charge in [0.25, 0.3) is 0 Å². The van der Waals surface area contributed by atoms with Crippen LogP contribution in [-0.2, 0) is 9.53 Å². The van der Waals surface area contributed by atoms with Gasteiger partial charge in [-0.05, 0) is 36.4 Å². The van der Waals surface area contributed by atoms with Crippen molar-refractivity contribution in [3.63, 3.8) is 0 Å². The first-order valence-corrected chi connectivity index (χ1v) is 7.83. The Balaban J connectivity index is 2.03. The summed E-state index contributed by atoms with van der Waals surface area (Å²) in [6.07, 6.45) is 0. The highest BCUT2D eigenvalue weighted by molar-refractivity contribution is 6.00. The van der Waals surface area contributed by atoms with E-state index in [1.807, 2.05) is 25.1 Å². The highest BCUT2D eigenvalue weighted by Crippen LogP contribution is 2.17. The minimum Gasteiger partial charge on any atom is -0.454 e. The van der Waals surface area contributed by atoms with Crippen LogP contribution in [0.3, 0.4) is 0 Å². The molecule has 0 radical (unpaired) electrons. The van der Waals surface area contributed by atoms with Crippen molar-refractivity contribution in [1.82, 2.24) is 0 Å². The van der Waals surface area contributed by atoms with E-state index in [2.05, 4.69) is 5.32 Å². The molecule has 26 heavy (non-hydrogen) atoms. The average molecular weight is 358 g/mol. The lowest BCUT2D eigenvalue weighted by Crippen LogP contribution is -2.16. The van der Waals surface area contributed by atoms with E-state index in [0.29, 0.717) is 5.56 Å². The van der Waals surface area contributed by atoms with Gasteiger partial charge < -0.3 is 15.0 Å². The van der Waals surface area contributed by atoms with Crippen molar-refractivity contribution in [3.8, 4) is 0 Å². The van der Waals surface area contributed by atoms with Gasteiger partial charge in [0.2, 0.25) is 11.7 Å². The predicted octanol–water partition coefficient (Wildman–Crippen LogP) is 2.89. The highest BCUT2D eigenvalue weighted by atomic mass is 19.1. The van der Waals surface area contributed by atoms with Crippen LogP contribution in [0, 0.1) is 5.82 Å². The number of nitrogens with zero attached hydrogens (tertiary/aromatic N) is 1. The molecule has 2 rings (SSSR count). The fraction of sp³-hybridized carbons (Fsp3) is 0.211. The number of amides is 1. The normalized spacial score (nSPS) is 10.2. The van der Waals surface area contributed by atoms with Crippen LogP contribution in [0.25, 0.3) is 0 Å². The first kappa shape index (κ1) is 19.1. The van der Waals surface area contributed by atoms with E-state index in [4.69, 9.17) is 4.74 Å². The molecule has 0 fully saturated rings. The average Bonchev–Trinajstić information content (AvgIpc) is 2.59. The number of nitrogens with one attached hydrogen (secondary N) is 1. The second-order valence-corrected chi connectivity index (χ2v) is 5.82. The number of carbonyl (C=O) groups excluding carboxylic acids is 3. The molecule has 2 aromatic carbocycles. The van der Waals surface area contributed by atoms with Crippen LogP contribution in [0.2, 0.25) is 0 Å². The van der Waals surface area contributed by atoms with Gasteiger partial charge in [0.15, 0.2) is 6.61 Å². The van der Waals surface area contributed by atoms with Crippen molar-refractivity contribution in [2.75, 3.05) is 30.9 Å². The Morgan fingerprint density at radius 2 is 1.85 bits per heavy atom. The van der Waals surface area contributed by atoms with E-state index < -0.39 is 24.2 Å². The lowest BCUT2D eigenvalue weighted by atomic mass is 10.1. The fourth-order valence-corrected chi connectivity index (χ4v) is 2.23. The van der Waals surface area contributed by atoms with Gasteiger partial charge in [-0.15, -0.1) is 0 Å². The van der Waals surface area contributed by atoms with Crippen LogP contribution >= 0.6 is 0 Å². The molecule has 0 unspecified atom stereocenters. The van der Waals surface area contributed by atoms with Gasteiger partial charge in [-0.2, -0.15) is 0 Å². The lowest BCUT2D eigenvalue weighted by Gasteiger charge is -2.13. The van der Waals surface area contributed by atoms with E-state index in [-0.39, 0.29) is 17.2 Å². The Morgan fingerprint density at radius 1 is 1.12 bits per heavy atom. The number of esters is 1. The van der Waals surface area contributed by atoms with E-state index in [1.165, 1.54) is 19.1 Å². The third kappa shape index (κ3) is 4.89. The second kappa shape index (κ2) is 8.24. The molecule has 0 saturated heterocycles. The number of hydrogen-bond acceptors (Lipinski definition) is 5. The fourth-order valence-electron chi connectivity index (χ4n) is 2.23. The summed E-state index contributed by atoms with van der Waals surface area (Å²) in [5, 5.41) is 2.42. The van der Waals surface area contributed by atoms with Gasteiger partial charge in [0.1, 0.15) is 5.82 Å². The van der Waals surface area contributed by atoms with Crippen LogP contribution in [0.4, 0.5) is 15.8 Å². The summed E-state index contributed by atoms with van der Waals surface area (Å²) in [4.78, 5) is 37.0. The molecule has 6 nitrogen and oxygen atoms in total. The largest absolute Gasteiger partial charge is 0.454 e. The molecule has 2 aromatic rings. The van der Waals surface area contributed by atoms with Gasteiger partial charge in [0, 0.05) is 32.4 Å². The Morgan fingerprint density at radius 3 is 2.46 bits per heavy atom. The van der Waals surface area contributed by atoms with Crippen molar-refractivity contribution in [2.24, 2.45) is 0 Å². The molecule has 0 aromatic heterocycles. The summed E-state index contributed by atoms with van der Waals surface area (Å²) in [6.45, 7) is 0.711. The number of halogens is 1. The minimum atomic E-state index is -0.799. The molecule has 7 heteroatoms. The molecule has 0 heterocycles. The molecule has 0 aliphatic rings. The summed E-state index contributed by atoms with van der Waals surface area (Å²) in [5.74, 6) is -2.49. The number of hydrogen-bond donors (Lipinski definition) is 1. The maximum Gasteiger partial charge on any atom is 0.338 e. The zero-order valence-corrected chi connectivity index (χ0v) is 14.7. The molecule has 1 N–H and O–H groups in total. The van der Waals surface area contributed by atoms with Crippen LogP contribution in [0.1, 0.15) is 27.6 Å². The molecule has 0 bridgehead atoms. The van der Waals surface area contributed by atoms with E-state index >= 15 is 0 Å². The summed E-state index contributed by atoms with van der Waals surface area (Å²) < 4.78 is 19.0. The maximum atomic E-state index is 14.0. The van der Waals surface area contributed by atoms with Crippen LogP contribution < -0.4 is 10.2 Å². The molecule has 0 spiro atoms. The number of carbonyl (C=O) groups is 3. The minimum absolute atomic E-state index is 0.214. The lowest BCUT2D eigenvalue weighted by molar-refractivity contribution is -0.114. The Labute approximate surface area is 150 Å². The SMILES string of the molecule is CC(=O)Nc1ccc(C(=O)COC(=O)c2cccc(N(C)C)c2)c(F)c1. The quantitative estimate of drug-likeness (QED) is 0.635. The molecular formula is C19H19FN2O4. The number of ketones is 1. The van der Waals surface area contributed by atoms with Gasteiger partial charge in [0.05, 0.1) is 11.1 Å². The number of anilines is 2. The van der Waals surface area contributed by atoms with E-state index in [0.717, 1.165) is 11.8 Å². The standard InChI is InChI=1S/C19H19FN2O4/c1-12(23)21-14-7-8-16(17(20)10-14)18(24)11-26-19(25)13-5-4-6-15(9-13)22(2)3/h4-10H,11H2,1-3H3,(H,21,23). The smallest absolute Gasteiger partial charge is 0.338 e. The van der Waals surface area contributed by atoms with Crippen molar-refractivity contribution in [2.45, 2.75) is 6.92 Å². The topological polar surface area (TPSA) is 75.7 Å². The summed E-state index contributed by atoms with van der Waals surface area (Å²) in [6, 6.07) is 10.4. The molecule has 0 aliphatic heterocycles. The number of ether oxygens (including phenoxy) is 1. The first-order chi connectivity index (χ1) is 12.3. The molecule has 1 amide bonds. The molecule has 0 atom stereocenters. The van der Waals surface area contributed by atoms with Crippen molar-refractivity contribution < 1.29 is 23.5 Å². The molecule has 0 saturated carbocycles. The summed E-state index contributed by atoms with van der Waals surface area (Å²) in [7, 11) is 3.67. The predicted molar refractivity (Wildman–Crippen MR) is 96.1 cm³/mol. The molecule has 136 valence electrons. The Kier molecular flexibility index (Phi) is 6.06. The highest BCUT2D eigenvalue weighted by Gasteiger charge is 2.16. The summed E-state index contributed by atoms with van der Waals surface area (Å²) >= 11 is 0. The Bertz CT molecular complexity index is 849.